The van der Waals surface area contributed by atoms with Crippen LogP contribution >= 0.6 is 0 Å². The molecule has 1 heterocycles. The van der Waals surface area contributed by atoms with Gasteiger partial charge in [-0.15, -0.1) is 0 Å². The zero-order chi connectivity index (χ0) is 17.9. The number of piperidine rings is 1. The molecule has 1 aliphatic rings. The van der Waals surface area contributed by atoms with Gasteiger partial charge in [0.15, 0.2) is 5.96 Å². The highest BCUT2D eigenvalue weighted by molar-refractivity contribution is 5.79. The van der Waals surface area contributed by atoms with Crippen LogP contribution in [0.25, 0.3) is 0 Å². The molecular weight excluding hydrogens is 312 g/mol. The lowest BCUT2D eigenvalue weighted by Crippen LogP contribution is -2.43. The number of aliphatic hydroxyl groups excluding tert-OH is 1. The number of hydrogen-bond donors (Lipinski definition) is 3. The SMILES string of the molecule is CCNC(=NCC1CCCCN1CC)NCCC(O)c1ccccc1. The number of rotatable bonds is 8. The van der Waals surface area contributed by atoms with Gasteiger partial charge in [0.2, 0.25) is 0 Å². The standard InChI is InChI=1S/C20H34N4O/c1-3-21-20(23-16-18-12-8-9-15-24(18)4-2)22-14-13-19(25)17-10-6-5-7-11-17/h5-7,10-11,18-19,25H,3-4,8-9,12-16H2,1-2H3,(H2,21,22,23). The molecule has 2 rings (SSSR count). The molecule has 1 aromatic rings. The van der Waals surface area contributed by atoms with E-state index in [0.29, 0.717) is 19.0 Å². The Morgan fingerprint density at radius 2 is 2.04 bits per heavy atom. The summed E-state index contributed by atoms with van der Waals surface area (Å²) in [5.41, 5.74) is 0.965. The molecule has 1 aromatic carbocycles. The lowest BCUT2D eigenvalue weighted by Gasteiger charge is -2.34. The van der Waals surface area contributed by atoms with Crippen LogP contribution < -0.4 is 10.6 Å². The quantitative estimate of drug-likeness (QED) is 0.500. The fraction of sp³-hybridized carbons (Fsp3) is 0.650. The fourth-order valence-corrected chi connectivity index (χ4v) is 3.39. The summed E-state index contributed by atoms with van der Waals surface area (Å²) in [6.45, 7) is 8.99. The predicted molar refractivity (Wildman–Crippen MR) is 105 cm³/mol. The molecule has 0 aromatic heterocycles. The molecule has 0 spiro atoms. The normalized spacial score (nSPS) is 20.3. The minimum absolute atomic E-state index is 0.439. The summed E-state index contributed by atoms with van der Waals surface area (Å²) in [5, 5.41) is 16.9. The number of hydrogen-bond acceptors (Lipinski definition) is 3. The van der Waals surface area contributed by atoms with Crippen molar-refractivity contribution in [1.82, 2.24) is 15.5 Å². The van der Waals surface area contributed by atoms with Crippen molar-refractivity contribution in [2.75, 3.05) is 32.7 Å². The van der Waals surface area contributed by atoms with Gasteiger partial charge in [-0.2, -0.15) is 0 Å². The van der Waals surface area contributed by atoms with Crippen LogP contribution in [-0.4, -0.2) is 54.7 Å². The van der Waals surface area contributed by atoms with E-state index in [1.54, 1.807) is 0 Å². The molecule has 5 heteroatoms. The molecule has 5 nitrogen and oxygen atoms in total. The summed E-state index contributed by atoms with van der Waals surface area (Å²) < 4.78 is 0. The van der Waals surface area contributed by atoms with Gasteiger partial charge in [-0.05, 0) is 44.8 Å². The third kappa shape index (κ3) is 6.67. The number of benzene rings is 1. The Kier molecular flexibility index (Phi) is 8.77. The van der Waals surface area contributed by atoms with Crippen LogP contribution in [0.15, 0.2) is 35.3 Å². The zero-order valence-electron chi connectivity index (χ0n) is 15.7. The van der Waals surface area contributed by atoms with Crippen molar-refractivity contribution >= 4 is 5.96 Å². The maximum atomic E-state index is 10.3. The second-order valence-electron chi connectivity index (χ2n) is 6.64. The van der Waals surface area contributed by atoms with E-state index >= 15 is 0 Å². The van der Waals surface area contributed by atoms with Crippen molar-refractivity contribution in [3.8, 4) is 0 Å². The van der Waals surface area contributed by atoms with E-state index in [4.69, 9.17) is 4.99 Å². The van der Waals surface area contributed by atoms with Crippen molar-refractivity contribution in [3.63, 3.8) is 0 Å². The number of likely N-dealkylation sites (tertiary alicyclic amines) is 1. The average molecular weight is 347 g/mol. The van der Waals surface area contributed by atoms with Crippen LogP contribution in [0.1, 0.15) is 51.2 Å². The van der Waals surface area contributed by atoms with Gasteiger partial charge < -0.3 is 15.7 Å². The number of likely N-dealkylation sites (N-methyl/N-ethyl adjacent to an activating group) is 1. The van der Waals surface area contributed by atoms with Gasteiger partial charge in [0.1, 0.15) is 0 Å². The first kappa shape index (κ1) is 19.7. The van der Waals surface area contributed by atoms with Gasteiger partial charge in [0.25, 0.3) is 0 Å². The van der Waals surface area contributed by atoms with Crippen molar-refractivity contribution in [3.05, 3.63) is 35.9 Å². The van der Waals surface area contributed by atoms with Crippen LogP contribution in [0, 0.1) is 0 Å². The summed E-state index contributed by atoms with van der Waals surface area (Å²) in [6.07, 6.45) is 4.08. The van der Waals surface area contributed by atoms with Gasteiger partial charge in [0.05, 0.1) is 12.6 Å². The minimum Gasteiger partial charge on any atom is -0.388 e. The monoisotopic (exact) mass is 346 g/mol. The molecule has 2 atom stereocenters. The minimum atomic E-state index is -0.439. The molecule has 0 saturated carbocycles. The second kappa shape index (κ2) is 11.1. The molecule has 1 aliphatic heterocycles. The van der Waals surface area contributed by atoms with Crippen LogP contribution in [0.4, 0.5) is 0 Å². The van der Waals surface area contributed by atoms with Gasteiger partial charge in [0, 0.05) is 19.1 Å². The number of aliphatic imine (C=N–C) groups is 1. The molecule has 1 fully saturated rings. The maximum absolute atomic E-state index is 10.3. The lowest BCUT2D eigenvalue weighted by atomic mass is 10.0. The van der Waals surface area contributed by atoms with Crippen LogP contribution in [0.3, 0.4) is 0 Å². The zero-order valence-corrected chi connectivity index (χ0v) is 15.7. The number of guanidine groups is 1. The highest BCUT2D eigenvalue weighted by Gasteiger charge is 2.20. The molecular formula is C20H34N4O. The molecule has 0 bridgehead atoms. The first-order chi connectivity index (χ1) is 12.2. The Morgan fingerprint density at radius 1 is 1.24 bits per heavy atom. The molecule has 3 N–H and O–H groups in total. The topological polar surface area (TPSA) is 59.9 Å². The highest BCUT2D eigenvalue weighted by Crippen LogP contribution is 2.17. The van der Waals surface area contributed by atoms with E-state index in [-0.39, 0.29) is 0 Å². The Bertz CT molecular complexity index is 506. The third-order valence-corrected chi connectivity index (χ3v) is 4.85. The van der Waals surface area contributed by atoms with Crippen LogP contribution in [0.2, 0.25) is 0 Å². The molecule has 25 heavy (non-hydrogen) atoms. The number of nitrogens with one attached hydrogen (secondary N) is 2. The molecule has 0 radical (unpaired) electrons. The van der Waals surface area contributed by atoms with Crippen molar-refractivity contribution in [1.29, 1.82) is 0 Å². The predicted octanol–water partition coefficient (Wildman–Crippen LogP) is 2.54. The summed E-state index contributed by atoms with van der Waals surface area (Å²) in [7, 11) is 0. The van der Waals surface area contributed by atoms with Crippen molar-refractivity contribution in [2.24, 2.45) is 4.99 Å². The van der Waals surface area contributed by atoms with E-state index in [2.05, 4.69) is 29.4 Å². The fourth-order valence-electron chi connectivity index (χ4n) is 3.39. The molecule has 2 unspecified atom stereocenters. The average Bonchev–Trinajstić information content (AvgIpc) is 2.66. The number of nitrogens with zero attached hydrogens (tertiary/aromatic N) is 2. The van der Waals surface area contributed by atoms with Gasteiger partial charge in [-0.25, -0.2) is 0 Å². The van der Waals surface area contributed by atoms with Crippen LogP contribution in [0.5, 0.6) is 0 Å². The van der Waals surface area contributed by atoms with E-state index < -0.39 is 6.10 Å². The summed E-state index contributed by atoms with van der Waals surface area (Å²) in [5.74, 6) is 0.851. The number of aliphatic hydroxyl groups is 1. The third-order valence-electron chi connectivity index (χ3n) is 4.85. The summed E-state index contributed by atoms with van der Waals surface area (Å²) in [6, 6.07) is 10.4. The lowest BCUT2D eigenvalue weighted by molar-refractivity contribution is 0.161. The Morgan fingerprint density at radius 3 is 2.76 bits per heavy atom. The smallest absolute Gasteiger partial charge is 0.191 e. The molecule has 140 valence electrons. The van der Waals surface area contributed by atoms with Crippen LogP contribution in [-0.2, 0) is 0 Å². The first-order valence-corrected chi connectivity index (χ1v) is 9.73. The molecule has 1 saturated heterocycles. The second-order valence-corrected chi connectivity index (χ2v) is 6.64. The van der Waals surface area contributed by atoms with E-state index in [1.165, 1.54) is 25.8 Å². The highest BCUT2D eigenvalue weighted by atomic mass is 16.3. The van der Waals surface area contributed by atoms with E-state index in [0.717, 1.165) is 31.2 Å². The Hall–Kier alpha value is -1.59. The molecule has 0 amide bonds. The van der Waals surface area contributed by atoms with Gasteiger partial charge in [-0.3, -0.25) is 9.89 Å². The first-order valence-electron chi connectivity index (χ1n) is 9.73. The Labute approximate surface area is 152 Å². The maximum Gasteiger partial charge on any atom is 0.191 e. The van der Waals surface area contributed by atoms with E-state index in [9.17, 15) is 5.11 Å². The summed E-state index contributed by atoms with van der Waals surface area (Å²) >= 11 is 0. The van der Waals surface area contributed by atoms with Crippen molar-refractivity contribution < 1.29 is 5.11 Å². The van der Waals surface area contributed by atoms with Gasteiger partial charge >= 0.3 is 0 Å². The largest absolute Gasteiger partial charge is 0.388 e. The van der Waals surface area contributed by atoms with Crippen molar-refractivity contribution in [2.45, 2.75) is 51.7 Å². The van der Waals surface area contributed by atoms with Gasteiger partial charge in [-0.1, -0.05) is 43.7 Å². The van der Waals surface area contributed by atoms with E-state index in [1.807, 2.05) is 30.3 Å². The molecule has 0 aliphatic carbocycles. The Balaban J connectivity index is 1.81. The summed E-state index contributed by atoms with van der Waals surface area (Å²) in [4.78, 5) is 7.31.